The smallest absolute Gasteiger partial charge is 0.305 e. The largest absolute Gasteiger partial charge is 0.469 e. The number of carbonyl (C=O) groups excluding carboxylic acids is 2. The van der Waals surface area contributed by atoms with Crippen molar-refractivity contribution in [3.05, 3.63) is 11.6 Å². The van der Waals surface area contributed by atoms with E-state index >= 15 is 0 Å². The van der Waals surface area contributed by atoms with E-state index in [1.807, 2.05) is 6.08 Å². The number of nitrogens with zero attached hydrogens (tertiary/aromatic N) is 1. The number of Topliss-reactive ketones (excluding diaryl/α,β-unsaturated/α-hetero) is 1. The van der Waals surface area contributed by atoms with Crippen LogP contribution in [0.4, 0.5) is 0 Å². The van der Waals surface area contributed by atoms with Crippen LogP contribution >= 0.6 is 0 Å². The molecule has 0 aromatic heterocycles. The molecule has 0 heterocycles. The molecule has 0 aliphatic heterocycles. The second-order valence-corrected chi connectivity index (χ2v) is 11.6. The molecular formula is C28H41NO7. The maximum Gasteiger partial charge on any atom is 0.305 e. The predicted molar refractivity (Wildman–Crippen MR) is 130 cm³/mol. The summed E-state index contributed by atoms with van der Waals surface area (Å²) in [4.78, 5) is 24.7. The predicted octanol–water partition coefficient (Wildman–Crippen LogP) is 4.04. The molecule has 4 aliphatic rings. The molecule has 0 radical (unpaired) electrons. The first-order valence-electron chi connectivity index (χ1n) is 13.2. The third kappa shape index (κ3) is 4.53. The van der Waals surface area contributed by atoms with Gasteiger partial charge in [0.2, 0.25) is 0 Å². The number of rotatable bonds is 9. The van der Waals surface area contributed by atoms with Gasteiger partial charge in [0.15, 0.2) is 5.78 Å². The highest BCUT2D eigenvalue weighted by atomic mass is 16.7. The molecule has 0 aromatic carbocycles. The van der Waals surface area contributed by atoms with Crippen LogP contribution in [0, 0.1) is 51.8 Å². The van der Waals surface area contributed by atoms with Gasteiger partial charge in [-0.05, 0) is 72.5 Å². The molecule has 9 atom stereocenters. The van der Waals surface area contributed by atoms with E-state index in [1.165, 1.54) is 7.11 Å². The van der Waals surface area contributed by atoms with Gasteiger partial charge in [-0.25, -0.2) is 0 Å². The van der Waals surface area contributed by atoms with Crippen molar-refractivity contribution >= 4 is 11.8 Å². The molecule has 8 nitrogen and oxygen atoms in total. The van der Waals surface area contributed by atoms with E-state index in [1.54, 1.807) is 14.2 Å². The number of hydrogen-bond acceptors (Lipinski definition) is 8. The van der Waals surface area contributed by atoms with Gasteiger partial charge in [0.05, 0.1) is 24.9 Å². The van der Waals surface area contributed by atoms with E-state index in [4.69, 9.17) is 23.7 Å². The Labute approximate surface area is 214 Å². The molecular weight excluding hydrogens is 462 g/mol. The van der Waals surface area contributed by atoms with Crippen molar-refractivity contribution in [2.24, 2.45) is 40.4 Å². The van der Waals surface area contributed by atoms with Gasteiger partial charge in [0, 0.05) is 27.1 Å². The second kappa shape index (κ2) is 10.9. The number of fused-ring (bicyclic) bond motifs is 5. The molecule has 200 valence electrons. The molecule has 8 heteroatoms. The molecule has 0 bridgehead atoms. The van der Waals surface area contributed by atoms with Crippen molar-refractivity contribution < 1.29 is 33.3 Å². The lowest BCUT2D eigenvalue weighted by Crippen LogP contribution is -2.62. The third-order valence-electron chi connectivity index (χ3n) is 10.2. The number of methoxy groups -OCH3 is 3. The number of ketones is 1. The molecule has 4 rings (SSSR count). The van der Waals surface area contributed by atoms with Gasteiger partial charge in [0.25, 0.3) is 0 Å². The summed E-state index contributed by atoms with van der Waals surface area (Å²) in [6.45, 7) is 4.97. The summed E-state index contributed by atoms with van der Waals surface area (Å²) >= 11 is 0. The van der Waals surface area contributed by atoms with E-state index in [9.17, 15) is 14.9 Å². The highest BCUT2D eigenvalue weighted by molar-refractivity contribution is 6.00. The summed E-state index contributed by atoms with van der Waals surface area (Å²) < 4.78 is 28.4. The standard InChI is InChI=1S/C28H41NO7/c1-27-13-17(14-29)22(30)10-19(27)11-23(35-15-32-3)26-20-8-6-18(7-9-25(31)34-5)28(20,2)24(12-21(26)27)36-16-33-4/h13,18-21,23-24,26H,6-12,15-16H2,1-5H3/t18?,19-,20-,21-,23+,24-,26-,27-,28+/m0/s1. The van der Waals surface area contributed by atoms with Crippen LogP contribution in [-0.2, 0) is 33.3 Å². The fraction of sp³-hybridized carbons (Fsp3) is 0.821. The second-order valence-electron chi connectivity index (χ2n) is 11.6. The van der Waals surface area contributed by atoms with Gasteiger partial charge < -0.3 is 23.7 Å². The van der Waals surface area contributed by atoms with Gasteiger partial charge in [-0.3, -0.25) is 9.59 Å². The van der Waals surface area contributed by atoms with Crippen LogP contribution in [0.2, 0.25) is 0 Å². The summed E-state index contributed by atoms with van der Waals surface area (Å²) in [6.07, 6.45) is 7.00. The SMILES string of the molecule is COCO[C@H]1C[C@H]2[C@@H]([C@H](OCOC)C[C@@H]3CC(=O)C(C#N)=C[C@@]32C)[C@@H]2CCC(CCC(=O)OC)[C@@]12C. The van der Waals surface area contributed by atoms with Crippen LogP contribution in [-0.4, -0.2) is 58.9 Å². The van der Waals surface area contributed by atoms with Crippen LogP contribution < -0.4 is 0 Å². The molecule has 1 unspecified atom stereocenters. The van der Waals surface area contributed by atoms with Crippen molar-refractivity contribution in [3.8, 4) is 6.07 Å². The molecule has 3 fully saturated rings. The first kappa shape index (κ1) is 27.3. The molecule has 0 aromatic rings. The van der Waals surface area contributed by atoms with E-state index in [2.05, 4.69) is 19.9 Å². The normalized spacial score (nSPS) is 41.5. The Hall–Kier alpha value is -1.79. The van der Waals surface area contributed by atoms with E-state index in [0.717, 1.165) is 32.1 Å². The number of esters is 1. The average Bonchev–Trinajstić information content (AvgIpc) is 3.21. The molecule has 36 heavy (non-hydrogen) atoms. The molecule has 0 amide bonds. The minimum absolute atomic E-state index is 0.0371. The fourth-order valence-electron chi connectivity index (χ4n) is 8.45. The number of hydrogen-bond donors (Lipinski definition) is 0. The number of nitriles is 1. The number of allylic oxidation sites excluding steroid dienone is 2. The maximum atomic E-state index is 12.7. The summed E-state index contributed by atoms with van der Waals surface area (Å²) in [6, 6.07) is 2.16. The Morgan fingerprint density at radius 3 is 2.47 bits per heavy atom. The zero-order valence-electron chi connectivity index (χ0n) is 22.3. The lowest BCUT2D eigenvalue weighted by Gasteiger charge is -2.63. The Balaban J connectivity index is 1.75. The first-order valence-corrected chi connectivity index (χ1v) is 13.2. The lowest BCUT2D eigenvalue weighted by molar-refractivity contribution is -0.231. The third-order valence-corrected chi connectivity index (χ3v) is 10.2. The summed E-state index contributed by atoms with van der Waals surface area (Å²) in [5.41, 5.74) is -0.164. The highest BCUT2D eigenvalue weighted by Crippen LogP contribution is 2.68. The monoisotopic (exact) mass is 503 g/mol. The molecule has 0 spiro atoms. The van der Waals surface area contributed by atoms with Crippen molar-refractivity contribution in [1.82, 2.24) is 0 Å². The minimum atomic E-state index is -0.295. The highest BCUT2D eigenvalue weighted by Gasteiger charge is 2.66. The summed E-state index contributed by atoms with van der Waals surface area (Å²) in [5, 5.41) is 9.69. The maximum absolute atomic E-state index is 12.7. The van der Waals surface area contributed by atoms with Gasteiger partial charge in [-0.15, -0.1) is 0 Å². The summed E-state index contributed by atoms with van der Waals surface area (Å²) in [5.74, 6) is 0.915. The van der Waals surface area contributed by atoms with Crippen molar-refractivity contribution in [1.29, 1.82) is 5.26 Å². The first-order chi connectivity index (χ1) is 17.2. The van der Waals surface area contributed by atoms with Crippen LogP contribution in [0.25, 0.3) is 0 Å². The zero-order valence-corrected chi connectivity index (χ0v) is 22.3. The summed E-state index contributed by atoms with van der Waals surface area (Å²) in [7, 11) is 4.70. The van der Waals surface area contributed by atoms with Gasteiger partial charge in [-0.2, -0.15) is 5.26 Å². The molecule has 4 aliphatic carbocycles. The Morgan fingerprint density at radius 2 is 1.81 bits per heavy atom. The molecule has 0 saturated heterocycles. The van der Waals surface area contributed by atoms with E-state index in [0.29, 0.717) is 24.7 Å². The van der Waals surface area contributed by atoms with Crippen molar-refractivity contribution in [2.75, 3.05) is 34.9 Å². The van der Waals surface area contributed by atoms with E-state index < -0.39 is 0 Å². The Morgan fingerprint density at radius 1 is 1.08 bits per heavy atom. The van der Waals surface area contributed by atoms with Crippen molar-refractivity contribution in [2.45, 2.75) is 71.0 Å². The van der Waals surface area contributed by atoms with Crippen LogP contribution in [0.1, 0.15) is 58.8 Å². The van der Waals surface area contributed by atoms with Gasteiger partial charge >= 0.3 is 5.97 Å². The van der Waals surface area contributed by atoms with Crippen LogP contribution in [0.3, 0.4) is 0 Å². The minimum Gasteiger partial charge on any atom is -0.469 e. The van der Waals surface area contributed by atoms with Crippen LogP contribution in [0.15, 0.2) is 11.6 Å². The molecule has 3 saturated carbocycles. The van der Waals surface area contributed by atoms with E-state index in [-0.39, 0.29) is 71.7 Å². The molecule has 0 N–H and O–H groups in total. The average molecular weight is 504 g/mol. The van der Waals surface area contributed by atoms with Gasteiger partial charge in [0.1, 0.15) is 19.7 Å². The quantitative estimate of drug-likeness (QED) is 0.343. The topological polar surface area (TPSA) is 104 Å². The lowest BCUT2D eigenvalue weighted by atomic mass is 9.44. The Kier molecular flexibility index (Phi) is 8.25. The Bertz CT molecular complexity index is 912. The number of ether oxygens (including phenoxy) is 5. The van der Waals surface area contributed by atoms with Gasteiger partial charge in [-0.1, -0.05) is 19.9 Å². The zero-order chi connectivity index (χ0) is 26.1. The fourth-order valence-corrected chi connectivity index (χ4v) is 8.45. The number of carbonyl (C=O) groups is 2. The van der Waals surface area contributed by atoms with Crippen molar-refractivity contribution in [3.63, 3.8) is 0 Å². The van der Waals surface area contributed by atoms with Crippen LogP contribution in [0.5, 0.6) is 0 Å².